The third-order valence-corrected chi connectivity index (χ3v) is 9.73. The van der Waals surface area contributed by atoms with Gasteiger partial charge in [-0.25, -0.2) is 18.4 Å². The van der Waals surface area contributed by atoms with Crippen molar-refractivity contribution in [3.63, 3.8) is 0 Å². The van der Waals surface area contributed by atoms with Gasteiger partial charge < -0.3 is 4.90 Å². The summed E-state index contributed by atoms with van der Waals surface area (Å²) in [5, 5.41) is 3.76. The first-order valence-corrected chi connectivity index (χ1v) is 14.6. The highest BCUT2D eigenvalue weighted by molar-refractivity contribution is 7.89. The highest BCUT2D eigenvalue weighted by Crippen LogP contribution is 2.29. The molecule has 0 amide bonds. The first-order chi connectivity index (χ1) is 16.8. The summed E-state index contributed by atoms with van der Waals surface area (Å²) in [6.45, 7) is 7.51. The standard InChI is InChI=1S/C25H27N5O2S3/c1-17-7-9-20(10-8-17)13-24-27-25(34-28-24)29-11-12-30(18(2)15-29)35(31,32)22-6-4-5-21(14-22)23-16-33-19(3)26-23/h4-10,14,16,18H,11-13,15H2,1-3H3. The van der Waals surface area contributed by atoms with Gasteiger partial charge in [0.15, 0.2) is 0 Å². The van der Waals surface area contributed by atoms with Crippen LogP contribution in [0.15, 0.2) is 58.8 Å². The molecule has 1 aliphatic heterocycles. The number of piperazine rings is 1. The van der Waals surface area contributed by atoms with Crippen molar-refractivity contribution < 1.29 is 8.42 Å². The Labute approximate surface area is 214 Å². The van der Waals surface area contributed by atoms with E-state index in [9.17, 15) is 8.42 Å². The first-order valence-electron chi connectivity index (χ1n) is 11.5. The Bertz CT molecular complexity index is 1430. The van der Waals surface area contributed by atoms with Gasteiger partial charge in [0.2, 0.25) is 15.2 Å². The summed E-state index contributed by atoms with van der Waals surface area (Å²) in [7, 11) is -3.63. The molecule has 5 rings (SSSR count). The number of aromatic nitrogens is 3. The molecule has 1 atom stereocenters. The van der Waals surface area contributed by atoms with E-state index in [0.29, 0.717) is 31.0 Å². The van der Waals surface area contributed by atoms with E-state index in [2.05, 4.69) is 45.4 Å². The summed E-state index contributed by atoms with van der Waals surface area (Å²) in [6, 6.07) is 15.3. The Hall–Kier alpha value is -2.66. The van der Waals surface area contributed by atoms with Crippen molar-refractivity contribution in [2.24, 2.45) is 0 Å². The summed E-state index contributed by atoms with van der Waals surface area (Å²) < 4.78 is 33.2. The maximum absolute atomic E-state index is 13.5. The van der Waals surface area contributed by atoms with Crippen LogP contribution in [0.3, 0.4) is 0 Å². The van der Waals surface area contributed by atoms with Crippen LogP contribution in [0.2, 0.25) is 0 Å². The summed E-state index contributed by atoms with van der Waals surface area (Å²) in [5.41, 5.74) is 4.03. The normalized spacial score (nSPS) is 17.1. The zero-order valence-corrected chi connectivity index (χ0v) is 22.3. The van der Waals surface area contributed by atoms with Gasteiger partial charge in [-0.05, 0) is 38.5 Å². The van der Waals surface area contributed by atoms with Gasteiger partial charge in [0.05, 0.1) is 15.6 Å². The third kappa shape index (κ3) is 5.16. The Morgan fingerprint density at radius 2 is 1.86 bits per heavy atom. The lowest BCUT2D eigenvalue weighted by Gasteiger charge is -2.38. The van der Waals surface area contributed by atoms with Gasteiger partial charge in [0.25, 0.3) is 0 Å². The van der Waals surface area contributed by atoms with Crippen LogP contribution in [0.1, 0.15) is 28.9 Å². The molecule has 35 heavy (non-hydrogen) atoms. The van der Waals surface area contributed by atoms with Crippen molar-refractivity contribution in [2.75, 3.05) is 24.5 Å². The molecule has 3 heterocycles. The van der Waals surface area contributed by atoms with Gasteiger partial charge in [0.1, 0.15) is 5.82 Å². The van der Waals surface area contributed by atoms with Crippen molar-refractivity contribution in [2.45, 2.75) is 38.1 Å². The van der Waals surface area contributed by atoms with Crippen LogP contribution in [0.25, 0.3) is 11.3 Å². The Kier molecular flexibility index (Phi) is 6.71. The molecule has 2 aromatic heterocycles. The van der Waals surface area contributed by atoms with Gasteiger partial charge in [-0.15, -0.1) is 11.3 Å². The summed E-state index contributed by atoms with van der Waals surface area (Å²) >= 11 is 2.93. The average molecular weight is 526 g/mol. The van der Waals surface area contributed by atoms with Gasteiger partial charge in [-0.2, -0.15) is 8.68 Å². The fraction of sp³-hybridized carbons (Fsp3) is 0.320. The quantitative estimate of drug-likeness (QED) is 0.361. The monoisotopic (exact) mass is 525 g/mol. The second kappa shape index (κ2) is 9.77. The zero-order valence-electron chi connectivity index (χ0n) is 19.9. The fourth-order valence-electron chi connectivity index (χ4n) is 4.25. The number of hydrogen-bond acceptors (Lipinski definition) is 8. The lowest BCUT2D eigenvalue weighted by Crippen LogP contribution is -2.54. The molecule has 1 aliphatic rings. The van der Waals surface area contributed by atoms with Crippen LogP contribution in [-0.4, -0.2) is 52.7 Å². The number of benzene rings is 2. The molecule has 0 N–H and O–H groups in total. The number of nitrogens with zero attached hydrogens (tertiary/aromatic N) is 5. The number of aryl methyl sites for hydroxylation is 2. The van der Waals surface area contributed by atoms with Crippen LogP contribution < -0.4 is 4.90 Å². The topological polar surface area (TPSA) is 79.3 Å². The average Bonchev–Trinajstić information content (AvgIpc) is 3.49. The molecule has 0 aliphatic carbocycles. The lowest BCUT2D eigenvalue weighted by molar-refractivity contribution is 0.306. The molecule has 0 spiro atoms. The summed E-state index contributed by atoms with van der Waals surface area (Å²) in [6.07, 6.45) is 0.690. The highest BCUT2D eigenvalue weighted by Gasteiger charge is 2.34. The molecule has 0 saturated carbocycles. The van der Waals surface area contributed by atoms with Crippen LogP contribution >= 0.6 is 22.9 Å². The SMILES string of the molecule is Cc1ccc(Cc2nsc(N3CCN(S(=O)(=O)c4cccc(-c5csc(C)n5)c4)C(C)C3)n2)cc1. The third-order valence-electron chi connectivity index (χ3n) is 6.13. The van der Waals surface area contributed by atoms with Crippen molar-refractivity contribution in [3.8, 4) is 11.3 Å². The van der Waals surface area contributed by atoms with E-state index in [0.717, 1.165) is 27.2 Å². The predicted octanol–water partition coefficient (Wildman–Crippen LogP) is 4.77. The van der Waals surface area contributed by atoms with Gasteiger partial charge in [0, 0.05) is 54.6 Å². The number of hydrogen-bond donors (Lipinski definition) is 0. The minimum absolute atomic E-state index is 0.191. The minimum Gasteiger partial charge on any atom is -0.344 e. The minimum atomic E-state index is -3.63. The molecule has 10 heteroatoms. The fourth-order valence-corrected chi connectivity index (χ4v) is 7.25. The number of anilines is 1. The summed E-state index contributed by atoms with van der Waals surface area (Å²) in [4.78, 5) is 11.7. The number of rotatable bonds is 6. The van der Waals surface area contributed by atoms with Crippen molar-refractivity contribution in [3.05, 3.63) is 75.9 Å². The molecular weight excluding hydrogens is 499 g/mol. The molecule has 0 bridgehead atoms. The van der Waals surface area contributed by atoms with E-state index in [1.165, 1.54) is 22.7 Å². The van der Waals surface area contributed by atoms with Crippen molar-refractivity contribution >= 4 is 38.0 Å². The molecule has 0 radical (unpaired) electrons. The Morgan fingerprint density at radius 1 is 1.06 bits per heavy atom. The molecule has 182 valence electrons. The molecular formula is C25H27N5O2S3. The smallest absolute Gasteiger partial charge is 0.243 e. The number of thiazole rings is 1. The Morgan fingerprint density at radius 3 is 2.57 bits per heavy atom. The molecule has 1 fully saturated rings. The molecule has 1 unspecified atom stereocenters. The van der Waals surface area contributed by atoms with Gasteiger partial charge >= 0.3 is 0 Å². The van der Waals surface area contributed by atoms with Crippen molar-refractivity contribution in [1.29, 1.82) is 0 Å². The predicted molar refractivity (Wildman–Crippen MR) is 142 cm³/mol. The van der Waals surface area contributed by atoms with Crippen molar-refractivity contribution in [1.82, 2.24) is 18.6 Å². The Balaban J connectivity index is 1.28. The molecule has 2 aromatic carbocycles. The lowest BCUT2D eigenvalue weighted by atomic mass is 10.1. The molecule has 7 nitrogen and oxygen atoms in total. The summed E-state index contributed by atoms with van der Waals surface area (Å²) in [5.74, 6) is 0.797. The molecule has 1 saturated heterocycles. The van der Waals surface area contributed by atoms with E-state index in [-0.39, 0.29) is 6.04 Å². The van der Waals surface area contributed by atoms with Crippen LogP contribution in [0.4, 0.5) is 5.13 Å². The first kappa shape index (κ1) is 24.1. The van der Waals surface area contributed by atoms with E-state index in [1.807, 2.05) is 25.3 Å². The van der Waals surface area contributed by atoms with Gasteiger partial charge in [-0.3, -0.25) is 0 Å². The second-order valence-corrected chi connectivity index (χ2v) is 12.5. The van der Waals surface area contributed by atoms with E-state index < -0.39 is 10.0 Å². The van der Waals surface area contributed by atoms with Gasteiger partial charge in [-0.1, -0.05) is 42.0 Å². The van der Waals surface area contributed by atoms with E-state index in [1.54, 1.807) is 33.8 Å². The zero-order chi connectivity index (χ0) is 24.6. The largest absolute Gasteiger partial charge is 0.344 e. The maximum Gasteiger partial charge on any atom is 0.243 e. The second-order valence-electron chi connectivity index (χ2n) is 8.85. The van der Waals surface area contributed by atoms with E-state index >= 15 is 0 Å². The number of sulfonamides is 1. The van der Waals surface area contributed by atoms with E-state index in [4.69, 9.17) is 4.98 Å². The maximum atomic E-state index is 13.5. The van der Waals surface area contributed by atoms with Crippen LogP contribution in [-0.2, 0) is 16.4 Å². The highest BCUT2D eigenvalue weighted by atomic mass is 32.2. The van der Waals surface area contributed by atoms with Crippen LogP contribution in [0.5, 0.6) is 0 Å². The molecule has 4 aromatic rings. The van der Waals surface area contributed by atoms with Crippen LogP contribution in [0, 0.1) is 13.8 Å².